The molecule has 0 atom stereocenters. The SMILES string of the molecule is CCOCCCc1ccc(OC(F)(F)F)cc1. The summed E-state index contributed by atoms with van der Waals surface area (Å²) in [6.45, 7) is 3.26. The monoisotopic (exact) mass is 248 g/mol. The highest BCUT2D eigenvalue weighted by Crippen LogP contribution is 2.22. The van der Waals surface area contributed by atoms with E-state index in [1.807, 2.05) is 6.92 Å². The molecule has 0 radical (unpaired) electrons. The van der Waals surface area contributed by atoms with E-state index in [0.29, 0.717) is 13.2 Å². The van der Waals surface area contributed by atoms with E-state index in [9.17, 15) is 13.2 Å². The molecule has 0 saturated heterocycles. The molecule has 0 aliphatic heterocycles. The van der Waals surface area contributed by atoms with Gasteiger partial charge in [-0.25, -0.2) is 0 Å². The summed E-state index contributed by atoms with van der Waals surface area (Å²) in [4.78, 5) is 0. The molecule has 0 heterocycles. The van der Waals surface area contributed by atoms with Gasteiger partial charge in [0.05, 0.1) is 0 Å². The van der Waals surface area contributed by atoms with Gasteiger partial charge < -0.3 is 9.47 Å². The van der Waals surface area contributed by atoms with Crippen molar-refractivity contribution in [3.8, 4) is 5.75 Å². The van der Waals surface area contributed by atoms with Gasteiger partial charge in [-0.2, -0.15) is 0 Å². The molecule has 0 bridgehead atoms. The minimum atomic E-state index is -4.63. The molecule has 2 nitrogen and oxygen atoms in total. The zero-order valence-electron chi connectivity index (χ0n) is 9.59. The van der Waals surface area contributed by atoms with E-state index in [1.165, 1.54) is 12.1 Å². The average molecular weight is 248 g/mol. The molecule has 0 unspecified atom stereocenters. The first kappa shape index (κ1) is 13.8. The number of alkyl halides is 3. The van der Waals surface area contributed by atoms with Gasteiger partial charge in [0.25, 0.3) is 0 Å². The zero-order valence-corrected chi connectivity index (χ0v) is 9.59. The van der Waals surface area contributed by atoms with Crippen LogP contribution in [0.4, 0.5) is 13.2 Å². The molecule has 0 aliphatic rings. The smallest absolute Gasteiger partial charge is 0.406 e. The Hall–Kier alpha value is -1.23. The summed E-state index contributed by atoms with van der Waals surface area (Å²) in [6, 6.07) is 5.91. The van der Waals surface area contributed by atoms with Crippen molar-refractivity contribution >= 4 is 0 Å². The lowest BCUT2D eigenvalue weighted by Gasteiger charge is -2.09. The van der Waals surface area contributed by atoms with Crippen molar-refractivity contribution in [1.29, 1.82) is 0 Å². The van der Waals surface area contributed by atoms with E-state index in [0.717, 1.165) is 18.4 Å². The molecule has 0 spiro atoms. The highest BCUT2D eigenvalue weighted by Gasteiger charge is 2.30. The van der Waals surface area contributed by atoms with Crippen molar-refractivity contribution in [3.05, 3.63) is 29.8 Å². The lowest BCUT2D eigenvalue weighted by Crippen LogP contribution is -2.17. The van der Waals surface area contributed by atoms with Gasteiger partial charge in [0.15, 0.2) is 0 Å². The number of rotatable bonds is 6. The highest BCUT2D eigenvalue weighted by atomic mass is 19.4. The Balaban J connectivity index is 2.39. The lowest BCUT2D eigenvalue weighted by atomic mass is 10.1. The Kier molecular flexibility index (Phi) is 5.28. The summed E-state index contributed by atoms with van der Waals surface area (Å²) < 4.78 is 44.6. The van der Waals surface area contributed by atoms with E-state index < -0.39 is 6.36 Å². The van der Waals surface area contributed by atoms with Gasteiger partial charge in [-0.05, 0) is 37.5 Å². The van der Waals surface area contributed by atoms with Crippen LogP contribution in [0.25, 0.3) is 0 Å². The van der Waals surface area contributed by atoms with Crippen molar-refractivity contribution in [2.75, 3.05) is 13.2 Å². The first-order valence-corrected chi connectivity index (χ1v) is 5.43. The number of hydrogen-bond donors (Lipinski definition) is 0. The molecular formula is C12H15F3O2. The Labute approximate surface area is 98.3 Å². The van der Waals surface area contributed by atoms with Gasteiger partial charge in [0.1, 0.15) is 5.75 Å². The Morgan fingerprint density at radius 2 is 1.76 bits per heavy atom. The van der Waals surface area contributed by atoms with Gasteiger partial charge in [-0.1, -0.05) is 12.1 Å². The van der Waals surface area contributed by atoms with Crippen LogP contribution in [0.2, 0.25) is 0 Å². The molecule has 17 heavy (non-hydrogen) atoms. The van der Waals surface area contributed by atoms with Crippen LogP contribution < -0.4 is 4.74 Å². The molecule has 0 aromatic heterocycles. The van der Waals surface area contributed by atoms with E-state index in [-0.39, 0.29) is 5.75 Å². The summed E-state index contributed by atoms with van der Waals surface area (Å²) in [5.41, 5.74) is 0.972. The van der Waals surface area contributed by atoms with Crippen LogP contribution in [0.3, 0.4) is 0 Å². The second kappa shape index (κ2) is 6.49. The van der Waals surface area contributed by atoms with Crippen molar-refractivity contribution in [2.24, 2.45) is 0 Å². The van der Waals surface area contributed by atoms with Gasteiger partial charge in [-0.3, -0.25) is 0 Å². The van der Waals surface area contributed by atoms with Crippen LogP contribution in [0.15, 0.2) is 24.3 Å². The van der Waals surface area contributed by atoms with Crippen molar-refractivity contribution < 1.29 is 22.6 Å². The highest BCUT2D eigenvalue weighted by molar-refractivity contribution is 5.27. The Morgan fingerprint density at radius 1 is 1.12 bits per heavy atom. The van der Waals surface area contributed by atoms with E-state index in [4.69, 9.17) is 4.74 Å². The molecule has 0 N–H and O–H groups in total. The molecule has 0 amide bonds. The maximum atomic E-state index is 11.9. The van der Waals surface area contributed by atoms with Crippen LogP contribution in [-0.2, 0) is 11.2 Å². The minimum Gasteiger partial charge on any atom is -0.406 e. The number of benzene rings is 1. The Morgan fingerprint density at radius 3 is 2.29 bits per heavy atom. The van der Waals surface area contributed by atoms with Crippen molar-refractivity contribution in [1.82, 2.24) is 0 Å². The molecule has 1 aromatic carbocycles. The third kappa shape index (κ3) is 6.16. The molecule has 1 rings (SSSR count). The van der Waals surface area contributed by atoms with Gasteiger partial charge in [-0.15, -0.1) is 13.2 Å². The summed E-state index contributed by atoms with van der Waals surface area (Å²) in [7, 11) is 0. The number of aryl methyl sites for hydroxylation is 1. The van der Waals surface area contributed by atoms with Crippen LogP contribution in [-0.4, -0.2) is 19.6 Å². The molecule has 0 fully saturated rings. The fourth-order valence-electron chi connectivity index (χ4n) is 1.38. The second-order valence-corrected chi connectivity index (χ2v) is 3.49. The number of hydrogen-bond acceptors (Lipinski definition) is 2. The third-order valence-electron chi connectivity index (χ3n) is 2.12. The molecule has 0 saturated carbocycles. The fourth-order valence-corrected chi connectivity index (χ4v) is 1.38. The summed E-state index contributed by atoms with van der Waals surface area (Å²) in [5, 5.41) is 0. The molecular weight excluding hydrogens is 233 g/mol. The normalized spacial score (nSPS) is 11.5. The van der Waals surface area contributed by atoms with E-state index in [1.54, 1.807) is 12.1 Å². The van der Waals surface area contributed by atoms with Crippen LogP contribution in [0.5, 0.6) is 5.75 Å². The van der Waals surface area contributed by atoms with Crippen molar-refractivity contribution in [3.63, 3.8) is 0 Å². The quantitative estimate of drug-likeness (QED) is 0.717. The standard InChI is InChI=1S/C12H15F3O2/c1-2-16-9-3-4-10-5-7-11(8-6-10)17-12(13,14)15/h5-8H,2-4,9H2,1H3. The largest absolute Gasteiger partial charge is 0.573 e. The van der Waals surface area contributed by atoms with Crippen LogP contribution in [0.1, 0.15) is 18.9 Å². The number of ether oxygens (including phenoxy) is 2. The van der Waals surface area contributed by atoms with Crippen LogP contribution >= 0.6 is 0 Å². The predicted molar refractivity (Wildman–Crippen MR) is 57.9 cm³/mol. The fraction of sp³-hybridized carbons (Fsp3) is 0.500. The van der Waals surface area contributed by atoms with Gasteiger partial charge in [0, 0.05) is 13.2 Å². The summed E-state index contributed by atoms with van der Waals surface area (Å²) in [6.07, 6.45) is -2.99. The molecule has 0 aliphatic carbocycles. The van der Waals surface area contributed by atoms with Crippen molar-refractivity contribution in [2.45, 2.75) is 26.1 Å². The molecule has 5 heteroatoms. The summed E-state index contributed by atoms with van der Waals surface area (Å²) >= 11 is 0. The average Bonchev–Trinajstić information content (AvgIpc) is 2.25. The Bertz CT molecular complexity index is 320. The van der Waals surface area contributed by atoms with E-state index in [2.05, 4.69) is 4.74 Å². The lowest BCUT2D eigenvalue weighted by molar-refractivity contribution is -0.274. The first-order chi connectivity index (χ1) is 8.01. The minimum absolute atomic E-state index is 0.189. The van der Waals surface area contributed by atoms with Gasteiger partial charge in [0.2, 0.25) is 0 Å². The third-order valence-corrected chi connectivity index (χ3v) is 2.12. The second-order valence-electron chi connectivity index (χ2n) is 3.49. The van der Waals surface area contributed by atoms with Gasteiger partial charge >= 0.3 is 6.36 Å². The zero-order chi connectivity index (χ0) is 12.7. The molecule has 1 aromatic rings. The maximum absolute atomic E-state index is 11.9. The number of halogens is 3. The predicted octanol–water partition coefficient (Wildman–Crippen LogP) is 3.55. The van der Waals surface area contributed by atoms with E-state index >= 15 is 0 Å². The molecule has 96 valence electrons. The van der Waals surface area contributed by atoms with Crippen LogP contribution in [0, 0.1) is 0 Å². The maximum Gasteiger partial charge on any atom is 0.573 e. The first-order valence-electron chi connectivity index (χ1n) is 5.43. The topological polar surface area (TPSA) is 18.5 Å². The summed E-state index contributed by atoms with van der Waals surface area (Å²) in [5.74, 6) is -0.189.